The predicted octanol–water partition coefficient (Wildman–Crippen LogP) is 2.76. The van der Waals surface area contributed by atoms with E-state index in [1.54, 1.807) is 0 Å². The maximum Gasteiger partial charge on any atom is 0.240 e. The average Bonchev–Trinajstić information content (AvgIpc) is 3.01. The van der Waals surface area contributed by atoms with Gasteiger partial charge in [0.15, 0.2) is 0 Å². The number of anilines is 2. The van der Waals surface area contributed by atoms with E-state index in [1.165, 1.54) is 16.8 Å². The summed E-state index contributed by atoms with van der Waals surface area (Å²) in [6, 6.07) is 16.7. The van der Waals surface area contributed by atoms with Crippen LogP contribution in [0.3, 0.4) is 0 Å². The fourth-order valence-corrected chi connectivity index (χ4v) is 3.66. The van der Waals surface area contributed by atoms with E-state index >= 15 is 0 Å². The van der Waals surface area contributed by atoms with Crippen molar-refractivity contribution in [3.8, 4) is 0 Å². The smallest absolute Gasteiger partial charge is 0.240 e. The van der Waals surface area contributed by atoms with Gasteiger partial charge in [-0.15, -0.1) is 0 Å². The summed E-state index contributed by atoms with van der Waals surface area (Å²) in [6.07, 6.45) is 0. The van der Waals surface area contributed by atoms with Crippen LogP contribution in [0.15, 0.2) is 48.5 Å². The molecular weight excluding hydrogens is 336 g/mol. The van der Waals surface area contributed by atoms with Gasteiger partial charge in [-0.3, -0.25) is 4.79 Å². The lowest BCUT2D eigenvalue weighted by Gasteiger charge is -2.22. The Morgan fingerprint density at radius 2 is 1.44 bits per heavy atom. The van der Waals surface area contributed by atoms with Crippen molar-refractivity contribution >= 4 is 17.3 Å². The van der Waals surface area contributed by atoms with Crippen LogP contribution in [0, 0.1) is 0 Å². The first-order chi connectivity index (χ1) is 13.2. The number of nitrogens with one attached hydrogen (secondary N) is 2. The summed E-state index contributed by atoms with van der Waals surface area (Å²) in [5.41, 5.74) is 5.06. The molecule has 2 aliphatic rings. The van der Waals surface area contributed by atoms with Gasteiger partial charge < -0.3 is 20.4 Å². The molecule has 27 heavy (non-hydrogen) atoms. The number of fused-ring (bicyclic) bond motifs is 2. The third-order valence-corrected chi connectivity index (χ3v) is 5.08. The lowest BCUT2D eigenvalue weighted by molar-refractivity contribution is -0.117. The number of hydrogen-bond acceptors (Lipinski definition) is 4. The maximum atomic E-state index is 11.7. The van der Waals surface area contributed by atoms with Crippen LogP contribution in [0.25, 0.3) is 0 Å². The van der Waals surface area contributed by atoms with Crippen molar-refractivity contribution in [2.24, 2.45) is 0 Å². The van der Waals surface area contributed by atoms with Crippen LogP contribution < -0.4 is 20.4 Å². The van der Waals surface area contributed by atoms with Crippen LogP contribution in [-0.4, -0.2) is 38.6 Å². The van der Waals surface area contributed by atoms with E-state index in [0.29, 0.717) is 6.54 Å². The molecule has 0 saturated carbocycles. The Bertz CT molecular complexity index is 761. The van der Waals surface area contributed by atoms with Crippen molar-refractivity contribution in [2.75, 3.05) is 42.5 Å². The van der Waals surface area contributed by atoms with E-state index in [9.17, 15) is 4.79 Å². The minimum Gasteiger partial charge on any atom is -0.370 e. The topological polar surface area (TPSA) is 47.6 Å². The van der Waals surface area contributed by atoms with Gasteiger partial charge in [0.05, 0.1) is 6.54 Å². The Hall–Kier alpha value is -2.37. The number of para-hydroxylation sites is 2. The van der Waals surface area contributed by atoms with Gasteiger partial charge in [-0.1, -0.05) is 36.4 Å². The largest absolute Gasteiger partial charge is 0.370 e. The zero-order valence-electron chi connectivity index (χ0n) is 16.4. The molecule has 2 aromatic rings. The summed E-state index contributed by atoms with van der Waals surface area (Å²) in [5, 5.41) is 6.55. The fourth-order valence-electron chi connectivity index (χ4n) is 3.66. The van der Waals surface area contributed by atoms with Gasteiger partial charge in [-0.25, -0.2) is 0 Å². The van der Waals surface area contributed by atoms with E-state index in [1.807, 2.05) is 30.0 Å². The highest BCUT2D eigenvalue weighted by Crippen LogP contribution is 2.22. The fraction of sp³-hybridized carbons (Fsp3) is 0.409. The average molecular weight is 367 g/mol. The minimum absolute atomic E-state index is 0.150. The van der Waals surface area contributed by atoms with Gasteiger partial charge >= 0.3 is 0 Å². The zero-order valence-corrected chi connectivity index (χ0v) is 16.4. The zero-order chi connectivity index (χ0) is 19.1. The first kappa shape index (κ1) is 19.4. The molecule has 0 radical (unpaired) electrons. The third-order valence-electron chi connectivity index (χ3n) is 5.08. The summed E-state index contributed by atoms with van der Waals surface area (Å²) < 4.78 is 0. The maximum absolute atomic E-state index is 11.7. The number of amides is 1. The van der Waals surface area contributed by atoms with Gasteiger partial charge in [-0.05, 0) is 37.1 Å². The first-order valence-electron chi connectivity index (χ1n) is 9.87. The molecule has 0 aliphatic carbocycles. The molecule has 0 aromatic heterocycles. The van der Waals surface area contributed by atoms with Crippen molar-refractivity contribution < 1.29 is 4.79 Å². The molecule has 2 heterocycles. The summed E-state index contributed by atoms with van der Waals surface area (Å²) in [4.78, 5) is 15.9. The molecule has 0 fully saturated rings. The van der Waals surface area contributed by atoms with Crippen LogP contribution in [0.1, 0.15) is 25.0 Å². The van der Waals surface area contributed by atoms with Gasteiger partial charge in [0, 0.05) is 50.6 Å². The summed E-state index contributed by atoms with van der Waals surface area (Å²) in [7, 11) is 0. The van der Waals surface area contributed by atoms with Crippen molar-refractivity contribution in [1.29, 1.82) is 0 Å². The molecule has 4 rings (SSSR count). The first-order valence-corrected chi connectivity index (χ1v) is 9.87. The molecule has 2 aliphatic heterocycles. The van der Waals surface area contributed by atoms with E-state index in [4.69, 9.17) is 0 Å². The second kappa shape index (κ2) is 9.53. The number of hydrogen-bond donors (Lipinski definition) is 2. The highest BCUT2D eigenvalue weighted by atomic mass is 16.2. The Balaban J connectivity index is 0.000000156. The van der Waals surface area contributed by atoms with Crippen LogP contribution in [0.2, 0.25) is 0 Å². The Morgan fingerprint density at radius 1 is 0.815 bits per heavy atom. The Morgan fingerprint density at radius 3 is 2.15 bits per heavy atom. The van der Waals surface area contributed by atoms with Gasteiger partial charge in [-0.2, -0.15) is 0 Å². The number of likely N-dealkylation sites (N-methyl/N-ethyl adjacent to an activating group) is 2. The highest BCUT2D eigenvalue weighted by molar-refractivity contribution is 5.96. The molecule has 0 spiro atoms. The molecule has 2 N–H and O–H groups in total. The lowest BCUT2D eigenvalue weighted by atomic mass is 10.1. The van der Waals surface area contributed by atoms with Gasteiger partial charge in [0.1, 0.15) is 0 Å². The molecule has 0 unspecified atom stereocenters. The van der Waals surface area contributed by atoms with Crippen molar-refractivity contribution in [3.63, 3.8) is 0 Å². The normalized spacial score (nSPS) is 16.4. The Labute approximate surface area is 162 Å². The lowest BCUT2D eigenvalue weighted by Crippen LogP contribution is -2.35. The van der Waals surface area contributed by atoms with Crippen molar-refractivity contribution in [2.45, 2.75) is 26.9 Å². The molecule has 0 atom stereocenters. The molecule has 144 valence electrons. The SMILES string of the molecule is CCN1C(=O)CNCc2ccccc21.CCN1CCNCc2ccccc21. The van der Waals surface area contributed by atoms with Gasteiger partial charge in [0.25, 0.3) is 0 Å². The molecule has 0 saturated heterocycles. The van der Waals surface area contributed by atoms with Crippen molar-refractivity contribution in [3.05, 3.63) is 59.7 Å². The molecule has 5 nitrogen and oxygen atoms in total. The molecule has 5 heteroatoms. The highest BCUT2D eigenvalue weighted by Gasteiger charge is 2.19. The third kappa shape index (κ3) is 4.67. The van der Waals surface area contributed by atoms with Crippen LogP contribution in [-0.2, 0) is 17.9 Å². The molecule has 1 amide bonds. The number of carbonyl (C=O) groups excluding carboxylic acids is 1. The number of carbonyl (C=O) groups is 1. The molecular formula is C22H30N4O. The van der Waals surface area contributed by atoms with Crippen LogP contribution >= 0.6 is 0 Å². The molecule has 2 aromatic carbocycles. The summed E-state index contributed by atoms with van der Waals surface area (Å²) >= 11 is 0. The summed E-state index contributed by atoms with van der Waals surface area (Å²) in [5.74, 6) is 0.150. The minimum atomic E-state index is 0.150. The van der Waals surface area contributed by atoms with Crippen LogP contribution in [0.5, 0.6) is 0 Å². The summed E-state index contributed by atoms with van der Waals surface area (Å²) in [6.45, 7) is 10.5. The van der Waals surface area contributed by atoms with Gasteiger partial charge in [0.2, 0.25) is 5.91 Å². The number of benzene rings is 2. The quantitative estimate of drug-likeness (QED) is 0.858. The Kier molecular flexibility index (Phi) is 6.85. The van der Waals surface area contributed by atoms with Crippen molar-refractivity contribution in [1.82, 2.24) is 10.6 Å². The van der Waals surface area contributed by atoms with E-state index in [-0.39, 0.29) is 5.91 Å². The standard InChI is InChI=1S/C11H14N2O.C11H16N2/c1-2-13-10-6-4-3-5-9(10)7-12-8-11(13)14;1-2-13-8-7-12-9-10-5-3-4-6-11(10)13/h3-6,12H,2,7-8H2,1H3;3-6,12H,2,7-9H2,1H3. The van der Waals surface area contributed by atoms with E-state index in [2.05, 4.69) is 52.8 Å². The van der Waals surface area contributed by atoms with Crippen LogP contribution in [0.4, 0.5) is 11.4 Å². The second-order valence-corrected chi connectivity index (χ2v) is 6.76. The number of rotatable bonds is 2. The van der Waals surface area contributed by atoms with E-state index in [0.717, 1.165) is 45.0 Å². The number of nitrogens with zero attached hydrogens (tertiary/aromatic N) is 2. The predicted molar refractivity (Wildman–Crippen MR) is 112 cm³/mol. The molecule has 0 bridgehead atoms. The second-order valence-electron chi connectivity index (χ2n) is 6.76. The van der Waals surface area contributed by atoms with E-state index < -0.39 is 0 Å². The monoisotopic (exact) mass is 366 g/mol.